The van der Waals surface area contributed by atoms with Crippen molar-refractivity contribution in [2.75, 3.05) is 33.7 Å². The summed E-state index contributed by atoms with van der Waals surface area (Å²) in [5, 5.41) is 12.3. The van der Waals surface area contributed by atoms with Crippen molar-refractivity contribution in [3.63, 3.8) is 0 Å². The van der Waals surface area contributed by atoms with Gasteiger partial charge in [0.15, 0.2) is 0 Å². The monoisotopic (exact) mass is 344 g/mol. The average Bonchev–Trinajstić information content (AvgIpc) is 2.61. The molecule has 0 bridgehead atoms. The van der Waals surface area contributed by atoms with Gasteiger partial charge in [-0.25, -0.2) is 4.39 Å². The molecule has 1 saturated heterocycles. The normalized spacial score (nSPS) is 16.3. The molecule has 1 heterocycles. The lowest BCUT2D eigenvalue weighted by atomic mass is 10.0. The molecule has 0 radical (unpaired) electrons. The number of halogens is 1. The Morgan fingerprint density at radius 1 is 1.48 bits per heavy atom. The van der Waals surface area contributed by atoms with Crippen LogP contribution in [0.5, 0.6) is 0 Å². The minimum Gasteiger partial charge on any atom is -0.389 e. The van der Waals surface area contributed by atoms with Crippen molar-refractivity contribution in [1.29, 1.82) is 5.26 Å². The Balaban J connectivity index is 1.86. The number of nitrogens with one attached hydrogen (secondary N) is 1. The zero-order chi connectivity index (χ0) is 18.2. The Labute approximate surface area is 148 Å². The molecule has 0 unspecified atom stereocenters. The van der Waals surface area contributed by atoms with Gasteiger partial charge in [0, 0.05) is 25.8 Å². The smallest absolute Gasteiger partial charge is 0.265 e. The lowest BCUT2D eigenvalue weighted by molar-refractivity contribution is -0.128. The second-order valence-electron chi connectivity index (χ2n) is 6.45. The molecule has 25 heavy (non-hydrogen) atoms. The Morgan fingerprint density at radius 3 is 2.84 bits per heavy atom. The third-order valence-corrected chi connectivity index (χ3v) is 4.60. The zero-order valence-corrected chi connectivity index (χ0v) is 14.8. The first-order valence-corrected chi connectivity index (χ1v) is 8.55. The molecular weight excluding hydrogens is 319 g/mol. The maximum atomic E-state index is 13.1. The van der Waals surface area contributed by atoms with Crippen LogP contribution in [-0.4, -0.2) is 55.5 Å². The highest BCUT2D eigenvalue weighted by molar-refractivity contribution is 5.97. The van der Waals surface area contributed by atoms with Crippen molar-refractivity contribution in [3.05, 3.63) is 47.4 Å². The van der Waals surface area contributed by atoms with Crippen LogP contribution < -0.4 is 5.32 Å². The fourth-order valence-corrected chi connectivity index (χ4v) is 2.96. The number of likely N-dealkylation sites (tertiary alicyclic amines) is 1. The van der Waals surface area contributed by atoms with Gasteiger partial charge in [0.05, 0.1) is 0 Å². The van der Waals surface area contributed by atoms with Gasteiger partial charge in [-0.3, -0.25) is 4.79 Å². The van der Waals surface area contributed by atoms with Crippen LogP contribution in [0.4, 0.5) is 4.39 Å². The Kier molecular flexibility index (Phi) is 6.96. The van der Waals surface area contributed by atoms with E-state index < -0.39 is 0 Å². The van der Waals surface area contributed by atoms with Gasteiger partial charge in [-0.05, 0) is 57.1 Å². The molecule has 0 aromatic heterocycles. The van der Waals surface area contributed by atoms with Crippen LogP contribution >= 0.6 is 0 Å². The summed E-state index contributed by atoms with van der Waals surface area (Å²) in [4.78, 5) is 16.4. The number of hydrogen-bond acceptors (Lipinski definition) is 4. The van der Waals surface area contributed by atoms with Gasteiger partial charge in [0.2, 0.25) is 0 Å². The number of benzene rings is 1. The van der Waals surface area contributed by atoms with Crippen LogP contribution in [-0.2, 0) is 11.2 Å². The summed E-state index contributed by atoms with van der Waals surface area (Å²) in [6, 6.07) is 8.55. The summed E-state index contributed by atoms with van der Waals surface area (Å²) < 4.78 is 13.1. The van der Waals surface area contributed by atoms with Gasteiger partial charge >= 0.3 is 0 Å². The van der Waals surface area contributed by atoms with E-state index in [1.807, 2.05) is 12.1 Å². The van der Waals surface area contributed by atoms with Gasteiger partial charge in [-0.1, -0.05) is 12.1 Å². The Morgan fingerprint density at radius 2 is 2.20 bits per heavy atom. The molecule has 1 aliphatic rings. The van der Waals surface area contributed by atoms with Crippen LogP contribution in [0.2, 0.25) is 0 Å². The number of amides is 1. The topological polar surface area (TPSA) is 59.4 Å². The number of nitrogens with zero attached hydrogens (tertiary/aromatic N) is 3. The minimum atomic E-state index is -0.263. The predicted octanol–water partition coefficient (Wildman–Crippen LogP) is 1.92. The van der Waals surface area contributed by atoms with Crippen molar-refractivity contribution in [1.82, 2.24) is 15.1 Å². The maximum absolute atomic E-state index is 13.1. The molecule has 6 heteroatoms. The lowest BCUT2D eigenvalue weighted by Crippen LogP contribution is -2.45. The number of rotatable bonds is 6. The first kappa shape index (κ1) is 18.9. The van der Waals surface area contributed by atoms with Gasteiger partial charge in [-0.2, -0.15) is 5.26 Å². The number of hydrogen-bond donors (Lipinski definition) is 1. The molecule has 0 atom stereocenters. The van der Waals surface area contributed by atoms with E-state index in [0.717, 1.165) is 31.5 Å². The summed E-state index contributed by atoms with van der Waals surface area (Å²) in [5.41, 5.74) is 0.967. The number of carbonyl (C=O) groups is 1. The van der Waals surface area contributed by atoms with Gasteiger partial charge in [0.1, 0.15) is 17.5 Å². The van der Waals surface area contributed by atoms with Crippen molar-refractivity contribution < 1.29 is 9.18 Å². The fraction of sp³-hybridized carbons (Fsp3) is 0.474. The van der Waals surface area contributed by atoms with Crippen LogP contribution in [0.3, 0.4) is 0 Å². The second kappa shape index (κ2) is 9.19. The van der Waals surface area contributed by atoms with Crippen molar-refractivity contribution in [2.24, 2.45) is 0 Å². The first-order chi connectivity index (χ1) is 12.0. The molecule has 0 saturated carbocycles. The molecule has 134 valence electrons. The third-order valence-electron chi connectivity index (χ3n) is 4.60. The van der Waals surface area contributed by atoms with Crippen LogP contribution in [0, 0.1) is 17.1 Å². The van der Waals surface area contributed by atoms with Crippen LogP contribution in [0.25, 0.3) is 0 Å². The lowest BCUT2D eigenvalue weighted by Gasteiger charge is -2.34. The molecule has 1 N–H and O–H groups in total. The summed E-state index contributed by atoms with van der Waals surface area (Å²) in [5.74, 6) is -0.518. The maximum Gasteiger partial charge on any atom is 0.265 e. The van der Waals surface area contributed by atoms with E-state index >= 15 is 0 Å². The molecule has 1 aromatic carbocycles. The summed E-state index contributed by atoms with van der Waals surface area (Å²) in [7, 11) is 3.83. The van der Waals surface area contributed by atoms with Crippen molar-refractivity contribution >= 4 is 5.91 Å². The van der Waals surface area contributed by atoms with Crippen molar-refractivity contribution in [2.45, 2.75) is 25.3 Å². The second-order valence-corrected chi connectivity index (χ2v) is 6.45. The molecule has 0 spiro atoms. The van der Waals surface area contributed by atoms with E-state index in [9.17, 15) is 14.4 Å². The van der Waals surface area contributed by atoms with E-state index in [2.05, 4.69) is 17.3 Å². The van der Waals surface area contributed by atoms with Crippen LogP contribution in [0.1, 0.15) is 18.4 Å². The highest BCUT2D eigenvalue weighted by Crippen LogP contribution is 2.16. The zero-order valence-electron chi connectivity index (χ0n) is 14.8. The average molecular weight is 344 g/mol. The van der Waals surface area contributed by atoms with E-state index in [4.69, 9.17) is 0 Å². The Hall–Kier alpha value is -2.39. The van der Waals surface area contributed by atoms with E-state index in [1.54, 1.807) is 18.0 Å². The summed E-state index contributed by atoms with van der Waals surface area (Å²) in [6.07, 6.45) is 3.92. The van der Waals surface area contributed by atoms with Gasteiger partial charge in [0.25, 0.3) is 5.91 Å². The molecule has 1 aliphatic heterocycles. The molecule has 1 aromatic rings. The molecule has 5 nitrogen and oxygen atoms in total. The minimum absolute atomic E-state index is 0.0978. The first-order valence-electron chi connectivity index (χ1n) is 8.55. The number of carbonyl (C=O) groups excluding carboxylic acids is 1. The van der Waals surface area contributed by atoms with E-state index in [1.165, 1.54) is 18.3 Å². The summed E-state index contributed by atoms with van der Waals surface area (Å²) in [6.45, 7) is 2.44. The molecular formula is C19H25FN4O. The van der Waals surface area contributed by atoms with Gasteiger partial charge in [-0.15, -0.1) is 0 Å². The van der Waals surface area contributed by atoms with E-state index in [0.29, 0.717) is 13.0 Å². The molecule has 0 aliphatic carbocycles. The summed E-state index contributed by atoms with van der Waals surface area (Å²) >= 11 is 0. The SMILES string of the molecule is CN1CCC(N(C)C(=O)/C(C#N)=C\NCCc2cccc(F)c2)CC1. The number of likely N-dealkylation sites (N-methyl/N-ethyl adjacent to an activating group) is 1. The highest BCUT2D eigenvalue weighted by atomic mass is 19.1. The molecule has 1 fully saturated rings. The largest absolute Gasteiger partial charge is 0.389 e. The van der Waals surface area contributed by atoms with Crippen molar-refractivity contribution in [3.8, 4) is 6.07 Å². The Bertz CT molecular complexity index is 660. The quantitative estimate of drug-likeness (QED) is 0.487. The number of piperidine rings is 1. The van der Waals surface area contributed by atoms with Crippen LogP contribution in [0.15, 0.2) is 36.0 Å². The predicted molar refractivity (Wildman–Crippen MR) is 95.1 cm³/mol. The molecule has 2 rings (SSSR count). The van der Waals surface area contributed by atoms with E-state index in [-0.39, 0.29) is 23.3 Å². The van der Waals surface area contributed by atoms with Gasteiger partial charge < -0.3 is 15.1 Å². The molecule has 1 amide bonds. The third kappa shape index (κ3) is 5.57. The number of nitriles is 1. The standard InChI is InChI=1S/C19H25FN4O/c1-23-10-7-18(8-11-23)24(2)19(25)16(13-21)14-22-9-6-15-4-3-5-17(20)12-15/h3-5,12,14,18,22H,6-11H2,1-2H3/b16-14-. The highest BCUT2D eigenvalue weighted by Gasteiger charge is 2.25. The fourth-order valence-electron chi connectivity index (χ4n) is 2.96.